The Morgan fingerprint density at radius 3 is 2.87 bits per heavy atom. The van der Waals surface area contributed by atoms with E-state index in [1.165, 1.54) is 5.56 Å². The molecule has 23 heavy (non-hydrogen) atoms. The minimum Gasteiger partial charge on any atom is -0.371 e. The highest BCUT2D eigenvalue weighted by Crippen LogP contribution is 2.29. The van der Waals surface area contributed by atoms with Gasteiger partial charge in [-0.3, -0.25) is 0 Å². The van der Waals surface area contributed by atoms with Gasteiger partial charge >= 0.3 is 0 Å². The van der Waals surface area contributed by atoms with Gasteiger partial charge in [-0.25, -0.2) is 9.97 Å². The molecule has 118 valence electrons. The number of hydrogen-bond donors (Lipinski definition) is 2. The topological polar surface area (TPSA) is 59.1 Å². The molecule has 0 radical (unpaired) electrons. The van der Waals surface area contributed by atoms with Gasteiger partial charge in [0.25, 0.3) is 0 Å². The number of nitrogens with zero attached hydrogens (tertiary/aromatic N) is 2. The van der Waals surface area contributed by atoms with Gasteiger partial charge in [0.15, 0.2) is 5.13 Å². The van der Waals surface area contributed by atoms with Crippen LogP contribution in [0.4, 0.5) is 10.8 Å². The molecule has 3 heterocycles. The zero-order valence-corrected chi connectivity index (χ0v) is 14.0. The number of anilines is 2. The second-order valence-electron chi connectivity index (χ2n) is 5.19. The number of aromatic nitrogens is 2. The maximum absolute atomic E-state index is 5.77. The second-order valence-corrected chi connectivity index (χ2v) is 6.94. The number of rotatable bonds is 4. The van der Waals surface area contributed by atoms with Gasteiger partial charge in [0.2, 0.25) is 0 Å². The molecule has 2 aromatic heterocycles. The molecule has 7 heteroatoms. The van der Waals surface area contributed by atoms with Crippen molar-refractivity contribution in [3.8, 4) is 10.7 Å². The molecule has 0 bridgehead atoms. The summed E-state index contributed by atoms with van der Waals surface area (Å²) in [5, 5.41) is 12.5. The van der Waals surface area contributed by atoms with Gasteiger partial charge in [-0.05, 0) is 17.7 Å². The van der Waals surface area contributed by atoms with Crippen molar-refractivity contribution in [3.05, 3.63) is 46.8 Å². The number of morpholine rings is 1. The van der Waals surface area contributed by atoms with E-state index in [1.54, 1.807) is 28.9 Å². The van der Waals surface area contributed by atoms with Crippen LogP contribution in [0, 0.1) is 0 Å². The molecule has 1 atom stereocenters. The van der Waals surface area contributed by atoms with Gasteiger partial charge in [0.1, 0.15) is 10.7 Å². The van der Waals surface area contributed by atoms with Gasteiger partial charge in [0.05, 0.1) is 12.7 Å². The number of ether oxygens (including phenoxy) is 1. The molecule has 1 aliphatic heterocycles. The van der Waals surface area contributed by atoms with Gasteiger partial charge in [-0.1, -0.05) is 12.1 Å². The molecule has 5 nitrogen and oxygen atoms in total. The first-order valence-corrected chi connectivity index (χ1v) is 9.19. The summed E-state index contributed by atoms with van der Waals surface area (Å²) < 4.78 is 5.77. The molecule has 1 saturated heterocycles. The van der Waals surface area contributed by atoms with E-state index < -0.39 is 0 Å². The van der Waals surface area contributed by atoms with Crippen LogP contribution < -0.4 is 10.6 Å². The summed E-state index contributed by atoms with van der Waals surface area (Å²) in [4.78, 5) is 8.87. The van der Waals surface area contributed by atoms with Gasteiger partial charge in [-0.15, -0.1) is 22.7 Å². The summed E-state index contributed by atoms with van der Waals surface area (Å²) in [6.45, 7) is 2.57. The van der Waals surface area contributed by atoms with Gasteiger partial charge in [0, 0.05) is 35.7 Å². The average Bonchev–Trinajstić information content (AvgIpc) is 3.28. The molecule has 4 rings (SSSR count). The zero-order chi connectivity index (χ0) is 15.5. The molecule has 3 aromatic rings. The summed E-state index contributed by atoms with van der Waals surface area (Å²) >= 11 is 3.18. The number of thiazole rings is 2. The SMILES string of the molecule is c1csc(-c2csc(Nc3ccc(C4CNCCO4)cc3)n2)n1. The van der Waals surface area contributed by atoms with Gasteiger partial charge in [-0.2, -0.15) is 0 Å². The van der Waals surface area contributed by atoms with E-state index >= 15 is 0 Å². The monoisotopic (exact) mass is 344 g/mol. The minimum atomic E-state index is 0.147. The molecule has 2 N–H and O–H groups in total. The lowest BCUT2D eigenvalue weighted by Gasteiger charge is -2.24. The fourth-order valence-corrected chi connectivity index (χ4v) is 3.85. The Morgan fingerprint density at radius 1 is 1.22 bits per heavy atom. The van der Waals surface area contributed by atoms with Crippen molar-refractivity contribution >= 4 is 33.5 Å². The number of hydrogen-bond acceptors (Lipinski definition) is 7. The van der Waals surface area contributed by atoms with Crippen molar-refractivity contribution in [3.63, 3.8) is 0 Å². The van der Waals surface area contributed by atoms with Crippen LogP contribution in [-0.2, 0) is 4.74 Å². The Bertz CT molecular complexity index is 749. The van der Waals surface area contributed by atoms with Crippen LogP contribution in [0.1, 0.15) is 11.7 Å². The molecule has 1 fully saturated rings. The molecule has 1 aromatic carbocycles. The third-order valence-corrected chi connectivity index (χ3v) is 5.17. The van der Waals surface area contributed by atoms with Crippen LogP contribution in [0.25, 0.3) is 10.7 Å². The highest BCUT2D eigenvalue weighted by atomic mass is 32.1. The Morgan fingerprint density at radius 2 is 2.13 bits per heavy atom. The molecule has 1 aliphatic rings. The first-order valence-electron chi connectivity index (χ1n) is 7.43. The van der Waals surface area contributed by atoms with E-state index in [0.717, 1.165) is 41.2 Å². The largest absolute Gasteiger partial charge is 0.371 e. The Balaban J connectivity index is 1.44. The van der Waals surface area contributed by atoms with Crippen LogP contribution in [0.2, 0.25) is 0 Å². The number of nitrogens with one attached hydrogen (secondary N) is 2. The fourth-order valence-electron chi connectivity index (χ4n) is 2.46. The molecule has 0 saturated carbocycles. The summed E-state index contributed by atoms with van der Waals surface area (Å²) in [5.41, 5.74) is 3.15. The van der Waals surface area contributed by atoms with Crippen LogP contribution >= 0.6 is 22.7 Å². The zero-order valence-electron chi connectivity index (χ0n) is 12.4. The normalized spacial score (nSPS) is 18.0. The van der Waals surface area contributed by atoms with Gasteiger partial charge < -0.3 is 15.4 Å². The van der Waals surface area contributed by atoms with Crippen LogP contribution in [0.15, 0.2) is 41.2 Å². The Hall–Kier alpha value is -1.80. The molecule has 0 spiro atoms. The summed E-state index contributed by atoms with van der Waals surface area (Å²) in [6, 6.07) is 8.35. The molecule has 0 amide bonds. The van der Waals surface area contributed by atoms with Crippen molar-refractivity contribution in [2.45, 2.75) is 6.10 Å². The third-order valence-electron chi connectivity index (χ3n) is 3.62. The summed E-state index contributed by atoms with van der Waals surface area (Å²) in [5.74, 6) is 0. The van der Waals surface area contributed by atoms with Crippen LogP contribution in [0.3, 0.4) is 0 Å². The predicted octanol–water partition coefficient (Wildman–Crippen LogP) is 3.67. The Labute approximate surface area is 142 Å². The molecular weight excluding hydrogens is 328 g/mol. The summed E-state index contributed by atoms with van der Waals surface area (Å²) in [6.07, 6.45) is 1.95. The minimum absolute atomic E-state index is 0.147. The highest BCUT2D eigenvalue weighted by Gasteiger charge is 2.15. The molecule has 1 unspecified atom stereocenters. The highest BCUT2D eigenvalue weighted by molar-refractivity contribution is 7.15. The Kier molecular flexibility index (Phi) is 4.34. The lowest BCUT2D eigenvalue weighted by molar-refractivity contribution is 0.0277. The first kappa shape index (κ1) is 14.8. The lowest BCUT2D eigenvalue weighted by Crippen LogP contribution is -2.33. The third kappa shape index (κ3) is 3.42. The fraction of sp³-hybridized carbons (Fsp3) is 0.250. The van der Waals surface area contributed by atoms with Crippen molar-refractivity contribution < 1.29 is 4.74 Å². The number of benzene rings is 1. The maximum atomic E-state index is 5.77. The lowest BCUT2D eigenvalue weighted by atomic mass is 10.1. The summed E-state index contributed by atoms with van der Waals surface area (Å²) in [7, 11) is 0. The van der Waals surface area contributed by atoms with Crippen molar-refractivity contribution in [1.29, 1.82) is 0 Å². The van der Waals surface area contributed by atoms with Crippen molar-refractivity contribution in [2.24, 2.45) is 0 Å². The second kappa shape index (κ2) is 6.76. The van der Waals surface area contributed by atoms with E-state index in [0.29, 0.717) is 0 Å². The maximum Gasteiger partial charge on any atom is 0.187 e. The first-order chi connectivity index (χ1) is 11.4. The standard InChI is InChI=1S/C16H16N4OS2/c1-3-12(4-2-11(1)14-9-17-5-7-21-14)19-16-20-13(10-23-16)15-18-6-8-22-15/h1-4,6,8,10,14,17H,5,7,9H2,(H,19,20). The van der Waals surface area contributed by atoms with E-state index in [-0.39, 0.29) is 6.10 Å². The predicted molar refractivity (Wildman–Crippen MR) is 94.5 cm³/mol. The van der Waals surface area contributed by atoms with E-state index in [2.05, 4.69) is 44.9 Å². The molecular formula is C16H16N4OS2. The van der Waals surface area contributed by atoms with Crippen LogP contribution in [0.5, 0.6) is 0 Å². The smallest absolute Gasteiger partial charge is 0.187 e. The van der Waals surface area contributed by atoms with E-state index in [1.807, 2.05) is 10.8 Å². The van der Waals surface area contributed by atoms with Crippen molar-refractivity contribution in [1.82, 2.24) is 15.3 Å². The van der Waals surface area contributed by atoms with Crippen molar-refractivity contribution in [2.75, 3.05) is 25.0 Å². The van der Waals surface area contributed by atoms with Crippen LogP contribution in [-0.4, -0.2) is 29.7 Å². The van der Waals surface area contributed by atoms with E-state index in [4.69, 9.17) is 4.74 Å². The average molecular weight is 344 g/mol. The molecule has 0 aliphatic carbocycles. The van der Waals surface area contributed by atoms with E-state index in [9.17, 15) is 0 Å². The quantitative estimate of drug-likeness (QED) is 0.756.